The molecular weight excluding hydrogens is 487 g/mol. The summed E-state index contributed by atoms with van der Waals surface area (Å²) < 4.78 is 7.46. The zero-order valence-electron chi connectivity index (χ0n) is 13.6. The van der Waals surface area contributed by atoms with Gasteiger partial charge >= 0.3 is 6.03 Å². The van der Waals surface area contributed by atoms with Crippen molar-refractivity contribution in [3.63, 3.8) is 0 Å². The van der Waals surface area contributed by atoms with Crippen molar-refractivity contribution in [2.75, 3.05) is 7.05 Å². The second-order valence-electron chi connectivity index (χ2n) is 5.58. The molecule has 1 saturated heterocycles. The predicted octanol–water partition coefficient (Wildman–Crippen LogP) is 4.97. The van der Waals surface area contributed by atoms with E-state index in [0.717, 1.165) is 14.9 Å². The van der Waals surface area contributed by atoms with Crippen LogP contribution in [0.4, 0.5) is 4.79 Å². The van der Waals surface area contributed by atoms with Crippen LogP contribution in [0, 0.1) is 0 Å². The van der Waals surface area contributed by atoms with Gasteiger partial charge in [-0.1, -0.05) is 39.7 Å². The van der Waals surface area contributed by atoms with Crippen LogP contribution in [0.1, 0.15) is 11.1 Å². The summed E-state index contributed by atoms with van der Waals surface area (Å²) in [5.41, 5.74) is 1.87. The van der Waals surface area contributed by atoms with Crippen molar-refractivity contribution in [1.82, 2.24) is 10.2 Å². The minimum absolute atomic E-state index is 0.198. The number of nitrogens with zero attached hydrogens (tertiary/aromatic N) is 1. The smallest absolute Gasteiger partial charge is 0.328 e. The van der Waals surface area contributed by atoms with Gasteiger partial charge in [0.05, 0.1) is 9.50 Å². The van der Waals surface area contributed by atoms with E-state index < -0.39 is 11.9 Å². The van der Waals surface area contributed by atoms with Gasteiger partial charge in [-0.2, -0.15) is 0 Å². The van der Waals surface area contributed by atoms with E-state index in [-0.39, 0.29) is 5.70 Å². The lowest BCUT2D eigenvalue weighted by molar-refractivity contribution is -0.121. The monoisotopic (exact) mass is 498 g/mol. The molecule has 0 bridgehead atoms. The lowest BCUT2D eigenvalue weighted by Crippen LogP contribution is -2.25. The summed E-state index contributed by atoms with van der Waals surface area (Å²) in [4.78, 5) is 24.5. The minimum Gasteiger partial charge on any atom is -0.486 e. The number of amides is 3. The topological polar surface area (TPSA) is 58.6 Å². The fourth-order valence-corrected chi connectivity index (χ4v) is 3.58. The molecule has 3 rings (SSSR count). The Balaban J connectivity index is 1.79. The first-order valence-electron chi connectivity index (χ1n) is 7.52. The molecule has 1 N–H and O–H groups in total. The number of hydrogen-bond donors (Lipinski definition) is 1. The summed E-state index contributed by atoms with van der Waals surface area (Å²) in [5, 5.41) is 2.91. The van der Waals surface area contributed by atoms with E-state index in [1.54, 1.807) is 18.2 Å². The highest BCUT2D eigenvalue weighted by atomic mass is 79.9. The fraction of sp³-hybridized carbons (Fsp3) is 0.111. The molecule has 1 aliphatic heterocycles. The van der Waals surface area contributed by atoms with Crippen LogP contribution in [0.5, 0.6) is 5.75 Å². The number of urea groups is 1. The fourth-order valence-electron chi connectivity index (χ4n) is 2.33. The molecule has 2 aromatic carbocycles. The molecule has 0 aliphatic carbocycles. The predicted molar refractivity (Wildman–Crippen MR) is 107 cm³/mol. The number of rotatable bonds is 4. The van der Waals surface area contributed by atoms with E-state index in [9.17, 15) is 9.59 Å². The van der Waals surface area contributed by atoms with Gasteiger partial charge in [0.15, 0.2) is 5.75 Å². The maximum absolute atomic E-state index is 11.9. The van der Waals surface area contributed by atoms with Crippen LogP contribution in [0.3, 0.4) is 0 Å². The minimum atomic E-state index is -0.458. The standard InChI is InChI=1S/C18H13Br2ClN2O3/c1-23-17(24)15(22-18(23)25)8-11-6-13(20)16(14(21)7-11)26-9-10-2-4-12(19)5-3-10/h2-8H,9H2,1H3,(H,22,25)/b15-8+. The average Bonchev–Trinajstić information content (AvgIpc) is 2.83. The zero-order valence-corrected chi connectivity index (χ0v) is 17.5. The average molecular weight is 501 g/mol. The first kappa shape index (κ1) is 18.9. The maximum Gasteiger partial charge on any atom is 0.328 e. The Labute approximate surface area is 172 Å². The summed E-state index contributed by atoms with van der Waals surface area (Å²) in [6, 6.07) is 10.8. The van der Waals surface area contributed by atoms with Gasteiger partial charge in [-0.3, -0.25) is 9.69 Å². The lowest BCUT2D eigenvalue weighted by Gasteiger charge is -2.11. The summed E-state index contributed by atoms with van der Waals surface area (Å²) in [6.45, 7) is 0.366. The molecular formula is C18H13Br2ClN2O3. The van der Waals surface area contributed by atoms with E-state index in [1.165, 1.54) is 7.05 Å². The van der Waals surface area contributed by atoms with E-state index in [1.807, 2.05) is 24.3 Å². The molecule has 26 heavy (non-hydrogen) atoms. The normalized spacial score (nSPS) is 15.5. The molecule has 1 heterocycles. The molecule has 0 unspecified atom stereocenters. The third kappa shape index (κ3) is 4.11. The molecule has 5 nitrogen and oxygen atoms in total. The van der Waals surface area contributed by atoms with Gasteiger partial charge in [-0.05, 0) is 57.4 Å². The van der Waals surface area contributed by atoms with Crippen molar-refractivity contribution < 1.29 is 14.3 Å². The Kier molecular flexibility index (Phi) is 5.70. The number of carbonyl (C=O) groups is 2. The van der Waals surface area contributed by atoms with Crippen LogP contribution in [0.15, 0.2) is 51.0 Å². The van der Waals surface area contributed by atoms with Gasteiger partial charge in [0.1, 0.15) is 12.3 Å². The van der Waals surface area contributed by atoms with Gasteiger partial charge in [0.2, 0.25) is 0 Å². The van der Waals surface area contributed by atoms with Gasteiger partial charge in [-0.25, -0.2) is 4.79 Å². The van der Waals surface area contributed by atoms with Crippen molar-refractivity contribution in [2.24, 2.45) is 0 Å². The van der Waals surface area contributed by atoms with Gasteiger partial charge in [0.25, 0.3) is 5.91 Å². The van der Waals surface area contributed by atoms with Crippen LogP contribution >= 0.6 is 43.5 Å². The van der Waals surface area contributed by atoms with E-state index in [0.29, 0.717) is 27.4 Å². The molecule has 0 aromatic heterocycles. The number of benzene rings is 2. The molecule has 0 radical (unpaired) electrons. The first-order chi connectivity index (χ1) is 12.3. The molecule has 0 spiro atoms. The quantitative estimate of drug-likeness (QED) is 0.477. The number of nitrogens with one attached hydrogen (secondary N) is 1. The Morgan fingerprint density at radius 3 is 2.46 bits per heavy atom. The highest BCUT2D eigenvalue weighted by molar-refractivity contribution is 9.10. The maximum atomic E-state index is 11.9. The number of ether oxygens (including phenoxy) is 1. The second-order valence-corrected chi connectivity index (χ2v) is 7.76. The van der Waals surface area contributed by atoms with Crippen molar-refractivity contribution in [2.45, 2.75) is 6.61 Å². The first-order valence-corrected chi connectivity index (χ1v) is 9.48. The van der Waals surface area contributed by atoms with E-state index in [4.69, 9.17) is 16.3 Å². The van der Waals surface area contributed by atoms with Crippen LogP contribution in [-0.4, -0.2) is 23.9 Å². The van der Waals surface area contributed by atoms with Crippen molar-refractivity contribution >= 4 is 61.5 Å². The zero-order chi connectivity index (χ0) is 18.8. The van der Waals surface area contributed by atoms with Crippen molar-refractivity contribution in [1.29, 1.82) is 0 Å². The van der Waals surface area contributed by atoms with Crippen LogP contribution in [0.25, 0.3) is 6.08 Å². The SMILES string of the molecule is CN1C(=O)N/C(=C/c2cc(Cl)c(OCc3ccc(Br)cc3)c(Br)c2)C1=O. The Morgan fingerprint density at radius 2 is 1.88 bits per heavy atom. The number of likely N-dealkylation sites (N-methyl/N-ethyl adjacent to an activating group) is 1. The second kappa shape index (κ2) is 7.82. The highest BCUT2D eigenvalue weighted by Gasteiger charge is 2.30. The molecule has 3 amide bonds. The summed E-state index contributed by atoms with van der Waals surface area (Å²) in [5.74, 6) is 0.119. The molecule has 2 aromatic rings. The third-order valence-corrected chi connectivity index (χ3v) is 5.11. The summed E-state index contributed by atoms with van der Waals surface area (Å²) >= 11 is 13.2. The molecule has 1 fully saturated rings. The third-order valence-electron chi connectivity index (χ3n) is 3.71. The van der Waals surface area contributed by atoms with E-state index >= 15 is 0 Å². The van der Waals surface area contributed by atoms with Crippen LogP contribution < -0.4 is 10.1 Å². The number of halogens is 3. The van der Waals surface area contributed by atoms with Gasteiger partial charge in [0, 0.05) is 11.5 Å². The highest BCUT2D eigenvalue weighted by Crippen LogP contribution is 2.36. The number of imide groups is 1. The Bertz CT molecular complexity index is 890. The van der Waals surface area contributed by atoms with Gasteiger partial charge in [-0.15, -0.1) is 0 Å². The molecule has 1 aliphatic rings. The Hall–Kier alpha value is -1.83. The molecule has 8 heteroatoms. The number of carbonyl (C=O) groups excluding carboxylic acids is 2. The molecule has 134 valence electrons. The van der Waals surface area contributed by atoms with Crippen molar-refractivity contribution in [3.05, 3.63) is 67.2 Å². The van der Waals surface area contributed by atoms with E-state index in [2.05, 4.69) is 37.2 Å². The largest absolute Gasteiger partial charge is 0.486 e. The summed E-state index contributed by atoms with van der Waals surface area (Å²) in [7, 11) is 1.42. The Morgan fingerprint density at radius 1 is 1.19 bits per heavy atom. The van der Waals surface area contributed by atoms with Gasteiger partial charge < -0.3 is 10.1 Å². The number of hydrogen-bond acceptors (Lipinski definition) is 3. The molecule has 0 atom stereocenters. The van der Waals surface area contributed by atoms with Crippen LogP contribution in [-0.2, 0) is 11.4 Å². The van der Waals surface area contributed by atoms with Crippen LogP contribution in [0.2, 0.25) is 5.02 Å². The summed E-state index contributed by atoms with van der Waals surface area (Å²) in [6.07, 6.45) is 1.57. The lowest BCUT2D eigenvalue weighted by atomic mass is 10.1. The molecule has 0 saturated carbocycles. The van der Waals surface area contributed by atoms with Crippen molar-refractivity contribution in [3.8, 4) is 5.75 Å².